The fraction of sp³-hybridized carbons (Fsp3) is 0.919. The maximum Gasteiger partial charge on any atom is 0.305 e. The smallest absolute Gasteiger partial charge is 0.305 e. The van der Waals surface area contributed by atoms with Gasteiger partial charge in [0.05, 0.1) is 25.4 Å². The number of hydrogen-bond acceptors (Lipinski definition) is 5. The Morgan fingerprint density at radius 3 is 0.887 bits per heavy atom. The fourth-order valence-corrected chi connectivity index (χ4v) is 11.6. The summed E-state index contributed by atoms with van der Waals surface area (Å²) in [7, 11) is 0. The molecule has 0 saturated heterocycles. The van der Waals surface area contributed by atoms with E-state index in [1.807, 2.05) is 6.08 Å². The van der Waals surface area contributed by atoms with E-state index in [-0.39, 0.29) is 18.5 Å². The number of aliphatic hydroxyl groups excluding tert-OH is 2. The molecule has 2 unspecified atom stereocenters. The van der Waals surface area contributed by atoms with Crippen LogP contribution in [0.15, 0.2) is 24.3 Å². The predicted molar refractivity (Wildman–Crippen MR) is 352 cm³/mol. The van der Waals surface area contributed by atoms with Gasteiger partial charge in [-0.2, -0.15) is 0 Å². The first-order valence-corrected chi connectivity index (χ1v) is 36.6. The molecule has 0 saturated carbocycles. The molecule has 0 bridgehead atoms. The highest BCUT2D eigenvalue weighted by Gasteiger charge is 2.18. The molecule has 0 aromatic carbocycles. The molecule has 80 heavy (non-hydrogen) atoms. The van der Waals surface area contributed by atoms with Crippen molar-refractivity contribution in [2.24, 2.45) is 0 Å². The first kappa shape index (κ1) is 78.3. The van der Waals surface area contributed by atoms with Crippen molar-refractivity contribution in [1.82, 2.24) is 5.32 Å². The molecule has 0 radical (unpaired) electrons. The molecule has 0 fully saturated rings. The van der Waals surface area contributed by atoms with Crippen LogP contribution in [0.5, 0.6) is 0 Å². The van der Waals surface area contributed by atoms with E-state index in [1.54, 1.807) is 6.08 Å². The third-order valence-electron chi connectivity index (χ3n) is 17.2. The molecule has 0 heterocycles. The average Bonchev–Trinajstić information content (AvgIpc) is 3.46. The van der Waals surface area contributed by atoms with Crippen molar-refractivity contribution in [3.63, 3.8) is 0 Å². The molecule has 0 aromatic heterocycles. The van der Waals surface area contributed by atoms with Crippen LogP contribution in [0.1, 0.15) is 412 Å². The lowest BCUT2D eigenvalue weighted by Gasteiger charge is -2.20. The van der Waals surface area contributed by atoms with Crippen molar-refractivity contribution < 1.29 is 24.5 Å². The summed E-state index contributed by atoms with van der Waals surface area (Å²) in [5.74, 6) is -0.0491. The largest absolute Gasteiger partial charge is 0.466 e. The van der Waals surface area contributed by atoms with Crippen LogP contribution in [0.25, 0.3) is 0 Å². The Morgan fingerprint density at radius 2 is 0.588 bits per heavy atom. The number of ether oxygens (including phenoxy) is 1. The monoisotopic (exact) mass is 1130 g/mol. The molecule has 6 nitrogen and oxygen atoms in total. The van der Waals surface area contributed by atoms with Crippen LogP contribution in [-0.2, 0) is 14.3 Å². The van der Waals surface area contributed by atoms with E-state index in [0.717, 1.165) is 44.9 Å². The fourth-order valence-electron chi connectivity index (χ4n) is 11.6. The second-order valence-corrected chi connectivity index (χ2v) is 25.3. The number of unbranched alkanes of at least 4 members (excludes halogenated alkanes) is 56. The molecule has 1 amide bonds. The maximum absolute atomic E-state index is 12.5. The summed E-state index contributed by atoms with van der Waals surface area (Å²) in [6.45, 7) is 4.94. The van der Waals surface area contributed by atoms with E-state index in [9.17, 15) is 19.8 Å². The number of esters is 1. The number of carbonyl (C=O) groups excluding carboxylic acids is 2. The van der Waals surface area contributed by atoms with Gasteiger partial charge in [0.1, 0.15) is 0 Å². The lowest BCUT2D eigenvalue weighted by Crippen LogP contribution is -2.45. The van der Waals surface area contributed by atoms with Gasteiger partial charge >= 0.3 is 5.97 Å². The number of allylic oxidation sites excluding steroid dienone is 3. The summed E-state index contributed by atoms with van der Waals surface area (Å²) in [6, 6.07) is -0.626. The van der Waals surface area contributed by atoms with Crippen molar-refractivity contribution in [3.05, 3.63) is 24.3 Å². The normalized spacial score (nSPS) is 12.6. The van der Waals surface area contributed by atoms with Crippen LogP contribution in [0.2, 0.25) is 0 Å². The maximum atomic E-state index is 12.5. The van der Waals surface area contributed by atoms with Crippen LogP contribution < -0.4 is 5.32 Å². The van der Waals surface area contributed by atoms with Gasteiger partial charge in [-0.3, -0.25) is 9.59 Å². The zero-order chi connectivity index (χ0) is 57.8. The summed E-state index contributed by atoms with van der Waals surface area (Å²) in [5, 5.41) is 23.2. The standard InChI is InChI=1S/C74H143NO5/c1-3-5-7-9-11-13-15-17-19-21-32-35-38-42-46-50-54-58-62-66-72(77)71(70-76)75-73(78)67-63-59-55-51-47-43-39-36-33-30-28-26-24-22-23-25-27-29-31-34-37-41-45-49-53-57-61-65-69-80-74(79)68-64-60-56-52-48-44-40-20-18-16-14-12-10-8-6-4-2/h20,40,62,66,71-72,76-77H,3-19,21-39,41-61,63-65,67-70H2,1-2H3,(H,75,78)/b40-20-,66-62+. The summed E-state index contributed by atoms with van der Waals surface area (Å²) in [5.41, 5.74) is 0. The van der Waals surface area contributed by atoms with Crippen molar-refractivity contribution in [1.29, 1.82) is 0 Å². The Kier molecular flexibility index (Phi) is 68.4. The van der Waals surface area contributed by atoms with Crippen LogP contribution >= 0.6 is 0 Å². The first-order valence-electron chi connectivity index (χ1n) is 36.6. The lowest BCUT2D eigenvalue weighted by molar-refractivity contribution is -0.143. The summed E-state index contributed by atoms with van der Waals surface area (Å²) in [4.78, 5) is 24.6. The van der Waals surface area contributed by atoms with Crippen molar-refractivity contribution in [3.8, 4) is 0 Å². The number of amides is 1. The topological polar surface area (TPSA) is 95.9 Å². The van der Waals surface area contributed by atoms with Gasteiger partial charge in [0, 0.05) is 12.8 Å². The number of carbonyl (C=O) groups is 2. The van der Waals surface area contributed by atoms with E-state index >= 15 is 0 Å². The minimum Gasteiger partial charge on any atom is -0.466 e. The highest BCUT2D eigenvalue weighted by atomic mass is 16.5. The molecule has 0 rings (SSSR count). The van der Waals surface area contributed by atoms with Gasteiger partial charge in [-0.25, -0.2) is 0 Å². The third-order valence-corrected chi connectivity index (χ3v) is 17.2. The molecule has 0 aromatic rings. The predicted octanol–water partition coefficient (Wildman–Crippen LogP) is 23.7. The van der Waals surface area contributed by atoms with Crippen molar-refractivity contribution >= 4 is 11.9 Å². The van der Waals surface area contributed by atoms with Gasteiger partial charge in [0.25, 0.3) is 0 Å². The van der Waals surface area contributed by atoms with Crippen molar-refractivity contribution in [2.45, 2.75) is 424 Å². The van der Waals surface area contributed by atoms with E-state index in [4.69, 9.17) is 4.74 Å². The minimum absolute atomic E-state index is 0.0119. The Labute approximate surface area is 501 Å². The molecule has 6 heteroatoms. The van der Waals surface area contributed by atoms with Crippen molar-refractivity contribution in [2.75, 3.05) is 13.2 Å². The van der Waals surface area contributed by atoms with E-state index in [1.165, 1.54) is 340 Å². The molecule has 2 atom stereocenters. The van der Waals surface area contributed by atoms with Crippen LogP contribution in [0, 0.1) is 0 Å². The first-order chi connectivity index (χ1) is 39.5. The number of aliphatic hydroxyl groups is 2. The van der Waals surface area contributed by atoms with E-state index in [0.29, 0.717) is 19.4 Å². The Bertz CT molecular complexity index is 1250. The Morgan fingerprint density at radius 1 is 0.338 bits per heavy atom. The molecule has 474 valence electrons. The average molecular weight is 1130 g/mol. The molecule has 0 aliphatic rings. The zero-order valence-electron chi connectivity index (χ0n) is 54.3. The van der Waals surface area contributed by atoms with Gasteiger partial charge in [-0.05, 0) is 57.8 Å². The second kappa shape index (κ2) is 69.8. The van der Waals surface area contributed by atoms with Gasteiger partial charge in [-0.15, -0.1) is 0 Å². The number of rotatable bonds is 69. The number of hydrogen-bond donors (Lipinski definition) is 3. The second-order valence-electron chi connectivity index (χ2n) is 25.3. The Hall–Kier alpha value is -1.66. The quantitative estimate of drug-likeness (QED) is 0.0320. The molecule has 0 aliphatic carbocycles. The van der Waals surface area contributed by atoms with Crippen LogP contribution in [-0.4, -0.2) is 47.4 Å². The van der Waals surface area contributed by atoms with Gasteiger partial charge in [0.15, 0.2) is 0 Å². The van der Waals surface area contributed by atoms with Crippen LogP contribution in [0.4, 0.5) is 0 Å². The molecular weight excluding hydrogens is 983 g/mol. The summed E-state index contributed by atoms with van der Waals surface area (Å²) < 4.78 is 5.50. The number of nitrogens with one attached hydrogen (secondary N) is 1. The third kappa shape index (κ3) is 65.5. The lowest BCUT2D eigenvalue weighted by atomic mass is 10.0. The van der Waals surface area contributed by atoms with E-state index < -0.39 is 12.1 Å². The summed E-state index contributed by atoms with van der Waals surface area (Å²) >= 11 is 0. The highest BCUT2D eigenvalue weighted by molar-refractivity contribution is 5.76. The van der Waals surface area contributed by atoms with Gasteiger partial charge in [0.2, 0.25) is 5.91 Å². The minimum atomic E-state index is -0.843. The molecule has 0 spiro atoms. The highest BCUT2D eigenvalue weighted by Crippen LogP contribution is 2.19. The molecular formula is C74H143NO5. The molecule has 0 aliphatic heterocycles. The SMILES string of the molecule is CCCCCCCCC/C=C\CCCCCCCC(=O)OCCCCCCCCCCCCCCCCCCCCCCCCCCCCCCC(=O)NC(CO)C(O)/C=C/CCCCCCCCCCCCCCCCCCC. The Balaban J connectivity index is 3.36. The summed E-state index contributed by atoms with van der Waals surface area (Å²) in [6.07, 6.45) is 88.4. The van der Waals surface area contributed by atoms with E-state index in [2.05, 4.69) is 31.3 Å². The van der Waals surface area contributed by atoms with Crippen LogP contribution in [0.3, 0.4) is 0 Å². The van der Waals surface area contributed by atoms with Gasteiger partial charge < -0.3 is 20.3 Å². The van der Waals surface area contributed by atoms with Gasteiger partial charge in [-0.1, -0.05) is 366 Å². The molecule has 3 N–H and O–H groups in total. The zero-order valence-corrected chi connectivity index (χ0v) is 54.3.